The molecule has 0 aliphatic carbocycles. The largest absolute Gasteiger partial charge is 0.373 e. The molecular formula is C14H17BrN4S. The summed E-state index contributed by atoms with van der Waals surface area (Å²) in [5.74, 6) is 2.02. The van der Waals surface area contributed by atoms with Gasteiger partial charge in [0.1, 0.15) is 21.7 Å². The molecule has 0 amide bonds. The number of hydrogen-bond acceptors (Lipinski definition) is 5. The van der Waals surface area contributed by atoms with Gasteiger partial charge in [-0.05, 0) is 46.7 Å². The predicted molar refractivity (Wildman–Crippen MR) is 86.5 cm³/mol. The molecule has 0 saturated carbocycles. The molecule has 0 bridgehead atoms. The van der Waals surface area contributed by atoms with Crippen LogP contribution in [0.25, 0.3) is 0 Å². The topological polar surface area (TPSA) is 50.7 Å². The summed E-state index contributed by atoms with van der Waals surface area (Å²) in [4.78, 5) is 13.6. The molecule has 0 radical (unpaired) electrons. The van der Waals surface area contributed by atoms with Gasteiger partial charge >= 0.3 is 0 Å². The first-order chi connectivity index (χ1) is 9.51. The third-order valence-electron chi connectivity index (χ3n) is 2.77. The number of anilines is 1. The molecule has 6 heteroatoms. The van der Waals surface area contributed by atoms with Crippen LogP contribution in [0.1, 0.15) is 31.2 Å². The summed E-state index contributed by atoms with van der Waals surface area (Å²) in [5.41, 5.74) is 1.05. The number of halogens is 1. The summed E-state index contributed by atoms with van der Waals surface area (Å²) >= 11 is 4.95. The molecule has 0 fully saturated rings. The highest BCUT2D eigenvalue weighted by Crippen LogP contribution is 2.31. The van der Waals surface area contributed by atoms with E-state index in [1.807, 2.05) is 26.1 Å². The minimum absolute atomic E-state index is 0.292. The number of aromatic nitrogens is 3. The second-order valence-electron chi connectivity index (χ2n) is 4.68. The lowest BCUT2D eigenvalue weighted by Gasteiger charge is -2.13. The first kappa shape index (κ1) is 15.3. The Bertz CT molecular complexity index is 599. The van der Waals surface area contributed by atoms with Crippen molar-refractivity contribution in [2.24, 2.45) is 0 Å². The van der Waals surface area contributed by atoms with Gasteiger partial charge in [0.15, 0.2) is 0 Å². The van der Waals surface area contributed by atoms with E-state index in [4.69, 9.17) is 0 Å². The molecule has 20 heavy (non-hydrogen) atoms. The zero-order valence-electron chi connectivity index (χ0n) is 11.9. The van der Waals surface area contributed by atoms with E-state index in [0.29, 0.717) is 5.92 Å². The van der Waals surface area contributed by atoms with Crippen molar-refractivity contribution in [2.75, 3.05) is 12.4 Å². The summed E-state index contributed by atoms with van der Waals surface area (Å²) in [6.45, 7) is 6.21. The Morgan fingerprint density at radius 3 is 2.55 bits per heavy atom. The normalized spacial score (nSPS) is 10.9. The van der Waals surface area contributed by atoms with Crippen LogP contribution in [0, 0.1) is 6.92 Å². The molecule has 0 saturated heterocycles. The van der Waals surface area contributed by atoms with E-state index >= 15 is 0 Å². The van der Waals surface area contributed by atoms with Crippen molar-refractivity contribution in [3.63, 3.8) is 0 Å². The van der Waals surface area contributed by atoms with Gasteiger partial charge in [0.25, 0.3) is 0 Å². The van der Waals surface area contributed by atoms with E-state index in [-0.39, 0.29) is 0 Å². The van der Waals surface area contributed by atoms with Crippen LogP contribution in [0.3, 0.4) is 0 Å². The number of hydrogen-bond donors (Lipinski definition) is 1. The Balaban J connectivity index is 2.39. The SMILES string of the molecule is CNc1nc(C(C)C)nc(Sc2ccc(Br)cn2)c1C. The molecule has 2 heterocycles. The highest BCUT2D eigenvalue weighted by Gasteiger charge is 2.13. The Hall–Kier alpha value is -1.14. The van der Waals surface area contributed by atoms with Gasteiger partial charge < -0.3 is 5.32 Å². The van der Waals surface area contributed by atoms with Crippen molar-refractivity contribution in [3.05, 3.63) is 34.2 Å². The maximum Gasteiger partial charge on any atom is 0.134 e. The molecule has 0 atom stereocenters. The van der Waals surface area contributed by atoms with E-state index in [1.54, 1.807) is 18.0 Å². The average Bonchev–Trinajstić information content (AvgIpc) is 2.43. The van der Waals surface area contributed by atoms with Crippen molar-refractivity contribution in [1.82, 2.24) is 15.0 Å². The minimum atomic E-state index is 0.292. The minimum Gasteiger partial charge on any atom is -0.373 e. The van der Waals surface area contributed by atoms with Gasteiger partial charge in [0.05, 0.1) is 0 Å². The lowest BCUT2D eigenvalue weighted by atomic mass is 10.2. The fraction of sp³-hybridized carbons (Fsp3) is 0.357. The summed E-state index contributed by atoms with van der Waals surface area (Å²) < 4.78 is 0.972. The maximum atomic E-state index is 4.66. The molecule has 0 aliphatic rings. The lowest BCUT2D eigenvalue weighted by Crippen LogP contribution is -2.06. The molecule has 2 aromatic rings. The number of nitrogens with zero attached hydrogens (tertiary/aromatic N) is 3. The number of nitrogens with one attached hydrogen (secondary N) is 1. The van der Waals surface area contributed by atoms with Crippen molar-refractivity contribution < 1.29 is 0 Å². The molecule has 4 nitrogen and oxygen atoms in total. The Morgan fingerprint density at radius 2 is 2.00 bits per heavy atom. The first-order valence-corrected chi connectivity index (χ1v) is 7.98. The standard InChI is InChI=1S/C14H17BrN4S/c1-8(2)12-18-13(16-4)9(3)14(19-12)20-11-6-5-10(15)7-17-11/h5-8H,1-4H3,(H,16,18,19). The highest BCUT2D eigenvalue weighted by atomic mass is 79.9. The molecule has 2 aromatic heterocycles. The van der Waals surface area contributed by atoms with E-state index < -0.39 is 0 Å². The van der Waals surface area contributed by atoms with Gasteiger partial charge in [-0.25, -0.2) is 15.0 Å². The third kappa shape index (κ3) is 3.49. The van der Waals surface area contributed by atoms with Crippen LogP contribution in [-0.4, -0.2) is 22.0 Å². The van der Waals surface area contributed by atoms with Crippen LogP contribution in [0.2, 0.25) is 0 Å². The van der Waals surface area contributed by atoms with E-state index in [9.17, 15) is 0 Å². The van der Waals surface area contributed by atoms with Crippen molar-refractivity contribution in [3.8, 4) is 0 Å². The number of rotatable bonds is 4. The van der Waals surface area contributed by atoms with Gasteiger partial charge in [-0.15, -0.1) is 0 Å². The van der Waals surface area contributed by atoms with Gasteiger partial charge in [-0.3, -0.25) is 0 Å². The van der Waals surface area contributed by atoms with Gasteiger partial charge in [-0.1, -0.05) is 13.8 Å². The summed E-state index contributed by atoms with van der Waals surface area (Å²) in [6, 6.07) is 3.96. The zero-order chi connectivity index (χ0) is 14.7. The third-order valence-corrected chi connectivity index (χ3v) is 4.28. The molecule has 106 valence electrons. The molecule has 1 N–H and O–H groups in total. The molecule has 0 aliphatic heterocycles. The second kappa shape index (κ2) is 6.54. The van der Waals surface area contributed by atoms with Crippen LogP contribution >= 0.6 is 27.7 Å². The second-order valence-corrected chi connectivity index (χ2v) is 6.61. The monoisotopic (exact) mass is 352 g/mol. The van der Waals surface area contributed by atoms with E-state index in [2.05, 4.69) is 50.0 Å². The van der Waals surface area contributed by atoms with Crippen LogP contribution in [-0.2, 0) is 0 Å². The van der Waals surface area contributed by atoms with Crippen LogP contribution in [0.4, 0.5) is 5.82 Å². The molecule has 0 spiro atoms. The Morgan fingerprint density at radius 1 is 1.25 bits per heavy atom. The van der Waals surface area contributed by atoms with Crippen molar-refractivity contribution >= 4 is 33.5 Å². The van der Waals surface area contributed by atoms with Gasteiger partial charge in [-0.2, -0.15) is 0 Å². The number of pyridine rings is 1. The lowest BCUT2D eigenvalue weighted by molar-refractivity contribution is 0.749. The molecule has 0 aromatic carbocycles. The summed E-state index contributed by atoms with van der Waals surface area (Å²) in [6.07, 6.45) is 1.79. The van der Waals surface area contributed by atoms with Crippen molar-refractivity contribution in [1.29, 1.82) is 0 Å². The van der Waals surface area contributed by atoms with Crippen LogP contribution in [0.5, 0.6) is 0 Å². The van der Waals surface area contributed by atoms with Gasteiger partial charge in [0.2, 0.25) is 0 Å². The average molecular weight is 353 g/mol. The molecule has 0 unspecified atom stereocenters. The van der Waals surface area contributed by atoms with Crippen LogP contribution in [0.15, 0.2) is 32.9 Å². The first-order valence-electron chi connectivity index (χ1n) is 6.37. The zero-order valence-corrected chi connectivity index (χ0v) is 14.3. The maximum absolute atomic E-state index is 4.66. The Labute approximate surface area is 132 Å². The molecular weight excluding hydrogens is 336 g/mol. The van der Waals surface area contributed by atoms with Gasteiger partial charge in [0, 0.05) is 29.2 Å². The smallest absolute Gasteiger partial charge is 0.134 e. The Kier molecular flexibility index (Phi) is 4.99. The quantitative estimate of drug-likeness (QED) is 0.833. The molecule has 2 rings (SSSR count). The van der Waals surface area contributed by atoms with E-state index in [1.165, 1.54) is 0 Å². The fourth-order valence-electron chi connectivity index (χ4n) is 1.64. The predicted octanol–water partition coefficient (Wildman–Crippen LogP) is 4.26. The van der Waals surface area contributed by atoms with E-state index in [0.717, 1.165) is 31.7 Å². The fourth-order valence-corrected chi connectivity index (χ4v) is 2.70. The van der Waals surface area contributed by atoms with Crippen LogP contribution < -0.4 is 5.32 Å². The summed E-state index contributed by atoms with van der Waals surface area (Å²) in [7, 11) is 1.88. The highest BCUT2D eigenvalue weighted by molar-refractivity contribution is 9.10. The van der Waals surface area contributed by atoms with Crippen molar-refractivity contribution in [2.45, 2.75) is 36.7 Å². The summed E-state index contributed by atoms with van der Waals surface area (Å²) in [5, 5.41) is 5.00.